The van der Waals surface area contributed by atoms with Crippen molar-refractivity contribution in [1.29, 1.82) is 0 Å². The Morgan fingerprint density at radius 3 is 2.54 bits per heavy atom. The zero-order valence-corrected chi connectivity index (χ0v) is 15.4. The van der Waals surface area contributed by atoms with E-state index in [2.05, 4.69) is 0 Å². The summed E-state index contributed by atoms with van der Waals surface area (Å²) < 4.78 is 0. The highest BCUT2D eigenvalue weighted by atomic mass is 32.1. The van der Waals surface area contributed by atoms with Gasteiger partial charge in [-0.05, 0) is 29.1 Å². The molecular formula is C19H20N2O4S. The van der Waals surface area contributed by atoms with Gasteiger partial charge in [0.1, 0.15) is 0 Å². The van der Waals surface area contributed by atoms with Crippen molar-refractivity contribution in [3.8, 4) is 0 Å². The third-order valence-corrected chi connectivity index (χ3v) is 5.68. The normalized spacial score (nSPS) is 19.6. The second-order valence-electron chi connectivity index (χ2n) is 6.47. The van der Waals surface area contributed by atoms with Crippen LogP contribution in [0.15, 0.2) is 41.8 Å². The molecule has 1 aliphatic rings. The first-order valence-electron chi connectivity index (χ1n) is 8.24. The van der Waals surface area contributed by atoms with Crippen molar-refractivity contribution in [3.63, 3.8) is 0 Å². The molecule has 6 nitrogen and oxygen atoms in total. The summed E-state index contributed by atoms with van der Waals surface area (Å²) in [6.07, 6.45) is 0.209. The Bertz CT molecular complexity index is 817. The lowest BCUT2D eigenvalue weighted by Gasteiger charge is -2.27. The van der Waals surface area contributed by atoms with E-state index < -0.39 is 11.9 Å². The van der Waals surface area contributed by atoms with Crippen LogP contribution >= 0.6 is 11.3 Å². The number of nitrogens with zero attached hydrogens (tertiary/aromatic N) is 2. The van der Waals surface area contributed by atoms with Crippen molar-refractivity contribution < 1.29 is 19.5 Å². The molecule has 1 saturated heterocycles. The van der Waals surface area contributed by atoms with Crippen molar-refractivity contribution in [2.45, 2.75) is 19.0 Å². The minimum Gasteiger partial charge on any atom is -0.478 e. The van der Waals surface area contributed by atoms with Crippen LogP contribution in [-0.2, 0) is 16.1 Å². The lowest BCUT2D eigenvalue weighted by Crippen LogP contribution is -2.35. The summed E-state index contributed by atoms with van der Waals surface area (Å²) in [6, 6.07) is 10.1. The van der Waals surface area contributed by atoms with Gasteiger partial charge >= 0.3 is 5.97 Å². The van der Waals surface area contributed by atoms with Crippen molar-refractivity contribution in [2.24, 2.45) is 5.92 Å². The number of carbonyl (C=O) groups is 3. The zero-order valence-electron chi connectivity index (χ0n) is 14.6. The molecule has 0 spiro atoms. The van der Waals surface area contributed by atoms with Gasteiger partial charge in [0.2, 0.25) is 11.8 Å². The van der Waals surface area contributed by atoms with Crippen LogP contribution in [0.25, 0.3) is 0 Å². The monoisotopic (exact) mass is 372 g/mol. The fourth-order valence-electron chi connectivity index (χ4n) is 3.33. The third kappa shape index (κ3) is 3.48. The zero-order chi connectivity index (χ0) is 18.8. The number of hydrogen-bond acceptors (Lipinski definition) is 4. The van der Waals surface area contributed by atoms with E-state index in [4.69, 9.17) is 5.11 Å². The molecule has 0 saturated carbocycles. The van der Waals surface area contributed by atoms with Gasteiger partial charge in [0, 0.05) is 31.9 Å². The first kappa shape index (κ1) is 18.1. The van der Waals surface area contributed by atoms with Crippen molar-refractivity contribution >= 4 is 29.1 Å². The molecule has 26 heavy (non-hydrogen) atoms. The lowest BCUT2D eigenvalue weighted by atomic mass is 9.97. The van der Waals surface area contributed by atoms with Gasteiger partial charge in [0.05, 0.1) is 17.5 Å². The van der Waals surface area contributed by atoms with E-state index in [0.29, 0.717) is 6.54 Å². The summed E-state index contributed by atoms with van der Waals surface area (Å²) in [7, 11) is 3.45. The van der Waals surface area contributed by atoms with Crippen LogP contribution < -0.4 is 0 Å². The molecule has 2 amide bonds. The van der Waals surface area contributed by atoms with Gasteiger partial charge in [-0.2, -0.15) is 0 Å². The summed E-state index contributed by atoms with van der Waals surface area (Å²) in [5.74, 6) is -1.49. The van der Waals surface area contributed by atoms with Gasteiger partial charge in [-0.15, -0.1) is 11.3 Å². The number of rotatable bonds is 5. The van der Waals surface area contributed by atoms with E-state index in [1.165, 1.54) is 12.1 Å². The first-order chi connectivity index (χ1) is 12.4. The van der Waals surface area contributed by atoms with E-state index in [0.717, 1.165) is 10.4 Å². The Balaban J connectivity index is 1.74. The van der Waals surface area contributed by atoms with Crippen LogP contribution in [0.3, 0.4) is 0 Å². The molecule has 1 N–H and O–H groups in total. The molecule has 3 rings (SSSR count). The SMILES string of the molecule is CN(Cc1ccc(C(=O)O)cc1)C(=O)[C@@H]1CC(=O)N(C)[C@@H]1c1cccs1. The van der Waals surface area contributed by atoms with E-state index in [-0.39, 0.29) is 29.8 Å². The number of likely N-dealkylation sites (tertiary alicyclic amines) is 1. The molecular weight excluding hydrogens is 352 g/mol. The predicted octanol–water partition coefficient (Wildman–Crippen LogP) is 2.62. The summed E-state index contributed by atoms with van der Waals surface area (Å²) in [5, 5.41) is 10.9. The number of hydrogen-bond donors (Lipinski definition) is 1. The molecule has 1 aliphatic heterocycles. The molecule has 0 bridgehead atoms. The average molecular weight is 372 g/mol. The van der Waals surface area contributed by atoms with Gasteiger partial charge in [-0.1, -0.05) is 18.2 Å². The van der Waals surface area contributed by atoms with E-state index >= 15 is 0 Å². The maximum absolute atomic E-state index is 13.0. The standard InChI is InChI=1S/C19H20N2O4S/c1-20(11-12-5-7-13(8-6-12)19(24)25)18(23)14-10-16(22)21(2)17(14)15-4-3-9-26-15/h3-9,14,17H,10-11H2,1-2H3,(H,24,25)/t14-,17+/m1/s1. The second kappa shape index (κ2) is 7.29. The van der Waals surface area contributed by atoms with Crippen LogP contribution in [0.2, 0.25) is 0 Å². The van der Waals surface area contributed by atoms with Crippen LogP contribution in [0, 0.1) is 5.92 Å². The van der Waals surface area contributed by atoms with E-state index in [1.807, 2.05) is 17.5 Å². The van der Waals surface area contributed by atoms with Gasteiger partial charge < -0.3 is 14.9 Å². The van der Waals surface area contributed by atoms with Gasteiger partial charge in [-0.25, -0.2) is 4.79 Å². The number of amides is 2. The largest absolute Gasteiger partial charge is 0.478 e. The predicted molar refractivity (Wildman–Crippen MR) is 97.8 cm³/mol. The Labute approximate surface area is 155 Å². The summed E-state index contributed by atoms with van der Waals surface area (Å²) in [6.45, 7) is 0.365. The number of carbonyl (C=O) groups excluding carboxylic acids is 2. The highest BCUT2D eigenvalue weighted by molar-refractivity contribution is 7.10. The maximum Gasteiger partial charge on any atom is 0.335 e. The number of carboxylic acids is 1. The molecule has 2 atom stereocenters. The summed E-state index contributed by atoms with van der Waals surface area (Å²) in [4.78, 5) is 40.4. The maximum atomic E-state index is 13.0. The number of thiophene rings is 1. The topological polar surface area (TPSA) is 77.9 Å². The van der Waals surface area contributed by atoms with Gasteiger partial charge in [-0.3, -0.25) is 9.59 Å². The Morgan fingerprint density at radius 2 is 1.96 bits per heavy atom. The van der Waals surface area contributed by atoms with Crippen molar-refractivity contribution in [1.82, 2.24) is 9.80 Å². The molecule has 0 unspecified atom stereocenters. The Morgan fingerprint density at radius 1 is 1.27 bits per heavy atom. The fraction of sp³-hybridized carbons (Fsp3) is 0.316. The second-order valence-corrected chi connectivity index (χ2v) is 7.45. The molecule has 1 aromatic heterocycles. The van der Waals surface area contributed by atoms with Crippen LogP contribution in [0.1, 0.15) is 33.3 Å². The molecule has 0 radical (unpaired) electrons. The molecule has 7 heteroatoms. The number of aromatic carboxylic acids is 1. The molecule has 2 heterocycles. The Hall–Kier alpha value is -2.67. The average Bonchev–Trinajstić information content (AvgIpc) is 3.23. The van der Waals surface area contributed by atoms with Crippen LogP contribution in [-0.4, -0.2) is 46.8 Å². The van der Waals surface area contributed by atoms with Crippen molar-refractivity contribution in [2.75, 3.05) is 14.1 Å². The molecule has 136 valence electrons. The molecule has 2 aromatic rings. The molecule has 1 aromatic carbocycles. The minimum atomic E-state index is -0.979. The Kier molecular flexibility index (Phi) is 5.08. The number of benzene rings is 1. The summed E-state index contributed by atoms with van der Waals surface area (Å²) >= 11 is 1.55. The lowest BCUT2D eigenvalue weighted by molar-refractivity contribution is -0.135. The van der Waals surface area contributed by atoms with Crippen LogP contribution in [0.4, 0.5) is 0 Å². The van der Waals surface area contributed by atoms with Gasteiger partial charge in [0.15, 0.2) is 0 Å². The first-order valence-corrected chi connectivity index (χ1v) is 9.12. The highest BCUT2D eigenvalue weighted by Crippen LogP contribution is 2.39. The molecule has 0 aliphatic carbocycles. The van der Waals surface area contributed by atoms with E-state index in [1.54, 1.807) is 47.4 Å². The molecule has 1 fully saturated rings. The fourth-order valence-corrected chi connectivity index (χ4v) is 4.26. The number of carboxylic acid groups (broad SMARTS) is 1. The van der Waals surface area contributed by atoms with Gasteiger partial charge in [0.25, 0.3) is 0 Å². The quantitative estimate of drug-likeness (QED) is 0.875. The van der Waals surface area contributed by atoms with Crippen LogP contribution in [0.5, 0.6) is 0 Å². The third-order valence-electron chi connectivity index (χ3n) is 4.74. The van der Waals surface area contributed by atoms with Crippen molar-refractivity contribution in [3.05, 3.63) is 57.8 Å². The minimum absolute atomic E-state index is 0.0269. The highest BCUT2D eigenvalue weighted by Gasteiger charge is 2.44. The van der Waals surface area contributed by atoms with E-state index in [9.17, 15) is 14.4 Å². The smallest absolute Gasteiger partial charge is 0.335 e. The summed E-state index contributed by atoms with van der Waals surface area (Å²) in [5.41, 5.74) is 1.06.